The molecule has 0 aliphatic carbocycles. The van der Waals surface area contributed by atoms with Gasteiger partial charge in [0.05, 0.1) is 5.69 Å². The van der Waals surface area contributed by atoms with Crippen molar-refractivity contribution in [2.24, 2.45) is 0 Å². The SMILES string of the molecule is O=c1ccc(-c2ccc(Br)cc2Br)n[nH]1. The summed E-state index contributed by atoms with van der Waals surface area (Å²) in [4.78, 5) is 10.9. The summed E-state index contributed by atoms with van der Waals surface area (Å²) in [5.74, 6) is 0. The van der Waals surface area contributed by atoms with E-state index in [2.05, 4.69) is 42.1 Å². The van der Waals surface area contributed by atoms with Gasteiger partial charge in [0.2, 0.25) is 0 Å². The Balaban J connectivity index is 2.54. The Hall–Kier alpha value is -0.940. The highest BCUT2D eigenvalue weighted by molar-refractivity contribution is 9.11. The number of aromatic amines is 1. The minimum Gasteiger partial charge on any atom is -0.268 e. The average Bonchev–Trinajstić information content (AvgIpc) is 2.20. The van der Waals surface area contributed by atoms with E-state index in [-0.39, 0.29) is 5.56 Å². The molecule has 0 spiro atoms. The molecule has 5 heteroatoms. The van der Waals surface area contributed by atoms with Crippen LogP contribution in [0.25, 0.3) is 11.3 Å². The van der Waals surface area contributed by atoms with Crippen LogP contribution in [-0.2, 0) is 0 Å². The molecule has 0 saturated heterocycles. The highest BCUT2D eigenvalue weighted by Crippen LogP contribution is 2.28. The van der Waals surface area contributed by atoms with Gasteiger partial charge in [-0.3, -0.25) is 4.79 Å². The molecule has 2 rings (SSSR count). The van der Waals surface area contributed by atoms with Crippen LogP contribution in [0.3, 0.4) is 0 Å². The Morgan fingerprint density at radius 1 is 1.13 bits per heavy atom. The molecule has 0 saturated carbocycles. The van der Waals surface area contributed by atoms with Crippen LogP contribution in [0, 0.1) is 0 Å². The normalized spacial score (nSPS) is 10.3. The van der Waals surface area contributed by atoms with E-state index in [1.807, 2.05) is 18.2 Å². The van der Waals surface area contributed by atoms with Crippen molar-refractivity contribution >= 4 is 31.9 Å². The van der Waals surface area contributed by atoms with E-state index in [9.17, 15) is 4.79 Å². The largest absolute Gasteiger partial charge is 0.268 e. The van der Waals surface area contributed by atoms with E-state index in [0.29, 0.717) is 0 Å². The van der Waals surface area contributed by atoms with E-state index in [0.717, 1.165) is 20.2 Å². The third-order valence-electron chi connectivity index (χ3n) is 1.89. The number of nitrogens with zero attached hydrogens (tertiary/aromatic N) is 1. The van der Waals surface area contributed by atoms with Crippen LogP contribution in [0.2, 0.25) is 0 Å². The van der Waals surface area contributed by atoms with Gasteiger partial charge in [-0.05, 0) is 18.2 Å². The summed E-state index contributed by atoms with van der Waals surface area (Å²) in [6, 6.07) is 8.92. The third kappa shape index (κ3) is 2.35. The Labute approximate surface area is 103 Å². The highest BCUT2D eigenvalue weighted by atomic mass is 79.9. The molecule has 0 fully saturated rings. The van der Waals surface area contributed by atoms with Crippen LogP contribution in [-0.4, -0.2) is 10.2 Å². The second-order valence-electron chi connectivity index (χ2n) is 2.93. The molecule has 0 amide bonds. The molecule has 76 valence electrons. The lowest BCUT2D eigenvalue weighted by Gasteiger charge is -2.03. The smallest absolute Gasteiger partial charge is 0.264 e. The van der Waals surface area contributed by atoms with Gasteiger partial charge >= 0.3 is 0 Å². The van der Waals surface area contributed by atoms with Crippen molar-refractivity contribution in [3.8, 4) is 11.3 Å². The molecular weight excluding hydrogens is 324 g/mol. The Kier molecular flexibility index (Phi) is 3.02. The molecule has 0 atom stereocenters. The summed E-state index contributed by atoms with van der Waals surface area (Å²) in [6.45, 7) is 0. The maximum Gasteiger partial charge on any atom is 0.264 e. The number of halogens is 2. The van der Waals surface area contributed by atoms with Gasteiger partial charge in [-0.25, -0.2) is 5.10 Å². The molecule has 15 heavy (non-hydrogen) atoms. The lowest BCUT2D eigenvalue weighted by Crippen LogP contribution is -2.05. The highest BCUT2D eigenvalue weighted by Gasteiger charge is 2.04. The van der Waals surface area contributed by atoms with E-state index in [1.165, 1.54) is 6.07 Å². The first-order chi connectivity index (χ1) is 7.16. The van der Waals surface area contributed by atoms with E-state index in [1.54, 1.807) is 6.07 Å². The molecule has 0 bridgehead atoms. The molecule has 2 aromatic rings. The number of hydrogen-bond acceptors (Lipinski definition) is 2. The van der Waals surface area contributed by atoms with E-state index < -0.39 is 0 Å². The predicted molar refractivity (Wildman–Crippen MR) is 65.7 cm³/mol. The third-order valence-corrected chi connectivity index (χ3v) is 3.04. The Morgan fingerprint density at radius 3 is 2.53 bits per heavy atom. The zero-order valence-corrected chi connectivity index (χ0v) is 10.7. The second-order valence-corrected chi connectivity index (χ2v) is 4.70. The molecular formula is C10H6Br2N2O. The maximum atomic E-state index is 10.9. The zero-order valence-electron chi connectivity index (χ0n) is 7.50. The van der Waals surface area contributed by atoms with Crippen molar-refractivity contribution in [1.82, 2.24) is 10.2 Å². The van der Waals surface area contributed by atoms with E-state index >= 15 is 0 Å². The fourth-order valence-corrected chi connectivity index (χ4v) is 2.44. The molecule has 1 aromatic carbocycles. The summed E-state index contributed by atoms with van der Waals surface area (Å²) in [5.41, 5.74) is 1.47. The van der Waals surface area contributed by atoms with Gasteiger partial charge in [0, 0.05) is 20.6 Å². The van der Waals surface area contributed by atoms with Crippen LogP contribution in [0.15, 0.2) is 44.1 Å². The average molecular weight is 330 g/mol. The first-order valence-electron chi connectivity index (χ1n) is 4.18. The molecule has 0 unspecified atom stereocenters. The van der Waals surface area contributed by atoms with Crippen molar-refractivity contribution in [2.75, 3.05) is 0 Å². The number of aromatic nitrogens is 2. The van der Waals surface area contributed by atoms with Crippen LogP contribution in [0.4, 0.5) is 0 Å². The summed E-state index contributed by atoms with van der Waals surface area (Å²) in [6.07, 6.45) is 0. The molecule has 3 nitrogen and oxygen atoms in total. The van der Waals surface area contributed by atoms with Gasteiger partial charge in [0.25, 0.3) is 5.56 Å². The van der Waals surface area contributed by atoms with E-state index in [4.69, 9.17) is 0 Å². The fraction of sp³-hybridized carbons (Fsp3) is 0. The summed E-state index contributed by atoms with van der Waals surface area (Å²) >= 11 is 6.81. The quantitative estimate of drug-likeness (QED) is 0.874. The van der Waals surface area contributed by atoms with Crippen molar-refractivity contribution in [3.63, 3.8) is 0 Å². The number of benzene rings is 1. The van der Waals surface area contributed by atoms with Gasteiger partial charge < -0.3 is 0 Å². The molecule has 0 aliphatic heterocycles. The van der Waals surface area contributed by atoms with Gasteiger partial charge in [-0.1, -0.05) is 37.9 Å². The van der Waals surface area contributed by atoms with Crippen molar-refractivity contribution in [1.29, 1.82) is 0 Å². The second kappa shape index (κ2) is 4.28. The van der Waals surface area contributed by atoms with Gasteiger partial charge in [0.1, 0.15) is 0 Å². The van der Waals surface area contributed by atoms with Crippen LogP contribution >= 0.6 is 31.9 Å². The molecule has 0 radical (unpaired) electrons. The predicted octanol–water partition coefficient (Wildman–Crippen LogP) is 2.96. The summed E-state index contributed by atoms with van der Waals surface area (Å²) in [7, 11) is 0. The lowest BCUT2D eigenvalue weighted by molar-refractivity contribution is 0.994. The van der Waals surface area contributed by atoms with Gasteiger partial charge in [0.15, 0.2) is 0 Å². The van der Waals surface area contributed by atoms with Gasteiger partial charge in [-0.15, -0.1) is 0 Å². The molecule has 1 N–H and O–H groups in total. The fourth-order valence-electron chi connectivity index (χ4n) is 1.19. The Bertz CT molecular complexity index is 531. The molecule has 1 aromatic heterocycles. The topological polar surface area (TPSA) is 45.8 Å². The van der Waals surface area contributed by atoms with Crippen molar-refractivity contribution < 1.29 is 0 Å². The first-order valence-corrected chi connectivity index (χ1v) is 5.76. The lowest BCUT2D eigenvalue weighted by atomic mass is 10.1. The van der Waals surface area contributed by atoms with Gasteiger partial charge in [-0.2, -0.15) is 5.10 Å². The van der Waals surface area contributed by atoms with Crippen LogP contribution < -0.4 is 5.56 Å². The summed E-state index contributed by atoms with van der Waals surface area (Å²) < 4.78 is 1.92. The number of rotatable bonds is 1. The standard InChI is InChI=1S/C10H6Br2N2O/c11-6-1-2-7(8(12)5-6)9-3-4-10(15)14-13-9/h1-5H,(H,14,15). The first kappa shape index (κ1) is 10.6. The molecule has 1 heterocycles. The zero-order chi connectivity index (χ0) is 10.8. The Morgan fingerprint density at radius 2 is 1.93 bits per heavy atom. The minimum absolute atomic E-state index is 0.202. The monoisotopic (exact) mass is 328 g/mol. The summed E-state index contributed by atoms with van der Waals surface area (Å²) in [5, 5.41) is 6.36. The number of nitrogens with one attached hydrogen (secondary N) is 1. The van der Waals surface area contributed by atoms with Crippen LogP contribution in [0.5, 0.6) is 0 Å². The maximum absolute atomic E-state index is 10.9. The van der Waals surface area contributed by atoms with Crippen molar-refractivity contribution in [2.45, 2.75) is 0 Å². The number of hydrogen-bond donors (Lipinski definition) is 1. The van der Waals surface area contributed by atoms with Crippen molar-refractivity contribution in [3.05, 3.63) is 49.6 Å². The molecule has 0 aliphatic rings. The van der Waals surface area contributed by atoms with Crippen LogP contribution in [0.1, 0.15) is 0 Å². The number of H-pyrrole nitrogens is 1. The minimum atomic E-state index is -0.202.